The van der Waals surface area contributed by atoms with E-state index < -0.39 is 0 Å². The van der Waals surface area contributed by atoms with E-state index in [2.05, 4.69) is 55.6 Å². The highest BCUT2D eigenvalue weighted by atomic mass is 16.5. The van der Waals surface area contributed by atoms with Crippen LogP contribution in [0.3, 0.4) is 0 Å². The highest BCUT2D eigenvalue weighted by Gasteiger charge is 2.27. The number of fused-ring (bicyclic) bond motifs is 1. The molecule has 2 heterocycles. The number of hydrogen-bond acceptors (Lipinski definition) is 6. The van der Waals surface area contributed by atoms with E-state index >= 15 is 0 Å². The Morgan fingerprint density at radius 2 is 1.78 bits per heavy atom. The Kier molecular flexibility index (Phi) is 7.65. The molecule has 0 saturated carbocycles. The van der Waals surface area contributed by atoms with Crippen LogP contribution in [0.2, 0.25) is 0 Å². The highest BCUT2D eigenvalue weighted by molar-refractivity contribution is 5.72. The van der Waals surface area contributed by atoms with Crippen molar-refractivity contribution in [2.75, 3.05) is 26.8 Å². The quantitative estimate of drug-likeness (QED) is 0.398. The van der Waals surface area contributed by atoms with Crippen LogP contribution in [-0.4, -0.2) is 38.9 Å². The number of piperidine rings is 1. The lowest BCUT2D eigenvalue weighted by atomic mass is 9.94. The minimum absolute atomic E-state index is 0.0242. The fourth-order valence-corrected chi connectivity index (χ4v) is 5.34. The molecular weight excluding hydrogens is 466 g/mol. The first kappa shape index (κ1) is 25.2. The Hall–Kier alpha value is -3.51. The maximum absolute atomic E-state index is 11.7. The van der Waals surface area contributed by atoms with Gasteiger partial charge in [-0.25, -0.2) is 0 Å². The minimum Gasteiger partial charge on any atom is -0.492 e. The molecular formula is C31H35NO5. The Labute approximate surface area is 218 Å². The van der Waals surface area contributed by atoms with E-state index in [1.807, 2.05) is 18.2 Å². The van der Waals surface area contributed by atoms with Gasteiger partial charge in [-0.2, -0.15) is 0 Å². The van der Waals surface area contributed by atoms with Gasteiger partial charge in [0.15, 0.2) is 0 Å². The Morgan fingerprint density at radius 1 is 1.00 bits per heavy atom. The average Bonchev–Trinajstić information content (AvgIpc) is 3.29. The van der Waals surface area contributed by atoms with E-state index in [0.29, 0.717) is 19.6 Å². The standard InChI is InChI=1S/C31H35NO5/c1-20-13-27(37-25-9-11-32-12-10-25)14-21(2)31(20)23-6-4-5-22(15-23)18-35-26-7-8-28-24(16-30(33)34-3)19-36-29(28)17-26/h4-8,13-15,17,24-25,32H,9-12,16,18-19H2,1-3H3. The van der Waals surface area contributed by atoms with Gasteiger partial charge in [0.1, 0.15) is 30.0 Å². The second-order valence-corrected chi connectivity index (χ2v) is 9.98. The van der Waals surface area contributed by atoms with Crippen molar-refractivity contribution < 1.29 is 23.7 Å². The number of hydrogen-bond donors (Lipinski definition) is 1. The van der Waals surface area contributed by atoms with E-state index in [1.54, 1.807) is 0 Å². The summed E-state index contributed by atoms with van der Waals surface area (Å²) in [6.07, 6.45) is 2.70. The van der Waals surface area contributed by atoms with Gasteiger partial charge in [-0.1, -0.05) is 24.3 Å². The molecule has 37 heavy (non-hydrogen) atoms. The largest absolute Gasteiger partial charge is 0.492 e. The first-order chi connectivity index (χ1) is 18.0. The average molecular weight is 502 g/mol. The van der Waals surface area contributed by atoms with E-state index in [0.717, 1.165) is 54.3 Å². The smallest absolute Gasteiger partial charge is 0.306 e. The molecule has 0 radical (unpaired) electrons. The number of carbonyl (C=O) groups excluding carboxylic acids is 1. The molecule has 194 valence electrons. The van der Waals surface area contributed by atoms with E-state index in [1.165, 1.54) is 29.4 Å². The fourth-order valence-electron chi connectivity index (χ4n) is 5.34. The lowest BCUT2D eigenvalue weighted by Crippen LogP contribution is -2.34. The molecule has 2 aliphatic rings. The monoisotopic (exact) mass is 501 g/mol. The summed E-state index contributed by atoms with van der Waals surface area (Å²) < 4.78 is 23.0. The zero-order valence-corrected chi connectivity index (χ0v) is 21.8. The molecule has 1 unspecified atom stereocenters. The first-order valence-corrected chi connectivity index (χ1v) is 13.0. The number of methoxy groups -OCH3 is 1. The number of carbonyl (C=O) groups is 1. The van der Waals surface area contributed by atoms with Gasteiger partial charge in [-0.15, -0.1) is 0 Å². The topological polar surface area (TPSA) is 66.0 Å². The van der Waals surface area contributed by atoms with Crippen LogP contribution in [0, 0.1) is 13.8 Å². The molecule has 2 aliphatic heterocycles. The number of nitrogens with one attached hydrogen (secondary N) is 1. The van der Waals surface area contributed by atoms with Gasteiger partial charge in [-0.05, 0) is 91.9 Å². The van der Waals surface area contributed by atoms with Gasteiger partial charge < -0.3 is 24.3 Å². The van der Waals surface area contributed by atoms with Crippen LogP contribution in [0.4, 0.5) is 0 Å². The molecule has 6 nitrogen and oxygen atoms in total. The normalized spacial score (nSPS) is 17.1. The third kappa shape index (κ3) is 5.91. The second-order valence-electron chi connectivity index (χ2n) is 9.98. The third-order valence-electron chi connectivity index (χ3n) is 7.22. The lowest BCUT2D eigenvalue weighted by molar-refractivity contribution is -0.141. The van der Waals surface area contributed by atoms with E-state index in [-0.39, 0.29) is 18.0 Å². The van der Waals surface area contributed by atoms with E-state index in [9.17, 15) is 4.79 Å². The molecule has 0 spiro atoms. The lowest BCUT2D eigenvalue weighted by Gasteiger charge is -2.24. The molecule has 1 fully saturated rings. The van der Waals surface area contributed by atoms with Gasteiger partial charge in [0.25, 0.3) is 0 Å². The number of ether oxygens (including phenoxy) is 4. The Morgan fingerprint density at radius 3 is 2.54 bits per heavy atom. The van der Waals surface area contributed by atoms with Crippen molar-refractivity contribution in [3.63, 3.8) is 0 Å². The van der Waals surface area contributed by atoms with Gasteiger partial charge in [-0.3, -0.25) is 4.79 Å². The summed E-state index contributed by atoms with van der Waals surface area (Å²) in [5.41, 5.74) is 6.95. The van der Waals surface area contributed by atoms with Crippen LogP contribution < -0.4 is 19.5 Å². The summed E-state index contributed by atoms with van der Waals surface area (Å²) in [7, 11) is 1.41. The van der Waals surface area contributed by atoms with Crippen molar-refractivity contribution in [1.29, 1.82) is 0 Å². The van der Waals surface area contributed by atoms with Crippen LogP contribution in [0.15, 0.2) is 54.6 Å². The minimum atomic E-state index is -0.226. The zero-order valence-electron chi connectivity index (χ0n) is 21.8. The van der Waals surface area contributed by atoms with Crippen LogP contribution in [0.5, 0.6) is 17.2 Å². The van der Waals surface area contributed by atoms with Crippen LogP contribution in [-0.2, 0) is 16.1 Å². The molecule has 0 bridgehead atoms. The van der Waals surface area contributed by atoms with Crippen LogP contribution in [0.1, 0.15) is 47.4 Å². The maximum atomic E-state index is 11.7. The summed E-state index contributed by atoms with van der Waals surface area (Å²) in [6, 6.07) is 18.7. The number of rotatable bonds is 8. The van der Waals surface area contributed by atoms with Gasteiger partial charge in [0.2, 0.25) is 0 Å². The van der Waals surface area contributed by atoms with Gasteiger partial charge in [0, 0.05) is 17.5 Å². The maximum Gasteiger partial charge on any atom is 0.306 e. The predicted molar refractivity (Wildman–Crippen MR) is 144 cm³/mol. The Balaban J connectivity index is 1.26. The van der Waals surface area contributed by atoms with Crippen LogP contribution >= 0.6 is 0 Å². The van der Waals surface area contributed by atoms with Crippen molar-refractivity contribution in [2.24, 2.45) is 0 Å². The highest BCUT2D eigenvalue weighted by Crippen LogP contribution is 2.39. The van der Waals surface area contributed by atoms with Crippen LogP contribution in [0.25, 0.3) is 11.1 Å². The zero-order chi connectivity index (χ0) is 25.8. The fraction of sp³-hybridized carbons (Fsp3) is 0.387. The van der Waals surface area contributed by atoms with Crippen molar-refractivity contribution in [2.45, 2.75) is 51.7 Å². The molecule has 0 amide bonds. The predicted octanol–water partition coefficient (Wildman–Crippen LogP) is 5.72. The van der Waals surface area contributed by atoms with E-state index in [4.69, 9.17) is 18.9 Å². The molecule has 6 heteroatoms. The molecule has 3 aromatic carbocycles. The number of aryl methyl sites for hydroxylation is 2. The van der Waals surface area contributed by atoms with Crippen molar-refractivity contribution in [1.82, 2.24) is 5.32 Å². The van der Waals surface area contributed by atoms with Crippen molar-refractivity contribution >= 4 is 5.97 Å². The van der Waals surface area contributed by atoms with Gasteiger partial charge >= 0.3 is 5.97 Å². The molecule has 1 atom stereocenters. The summed E-state index contributed by atoms with van der Waals surface area (Å²) in [5.74, 6) is 2.28. The molecule has 0 aliphatic carbocycles. The molecule has 3 aromatic rings. The number of benzene rings is 3. The summed E-state index contributed by atoms with van der Waals surface area (Å²) >= 11 is 0. The third-order valence-corrected chi connectivity index (χ3v) is 7.22. The molecule has 1 saturated heterocycles. The summed E-state index contributed by atoms with van der Waals surface area (Å²) in [4.78, 5) is 11.7. The van der Waals surface area contributed by atoms with Crippen molar-refractivity contribution in [3.05, 3.63) is 76.9 Å². The molecule has 1 N–H and O–H groups in total. The molecule has 0 aromatic heterocycles. The molecule has 5 rings (SSSR count). The SMILES string of the molecule is COC(=O)CC1COc2cc(OCc3cccc(-c4c(C)cc(OC5CCNCC5)cc4C)c3)ccc21. The second kappa shape index (κ2) is 11.3. The Bertz CT molecular complexity index is 1240. The first-order valence-electron chi connectivity index (χ1n) is 13.0. The summed E-state index contributed by atoms with van der Waals surface area (Å²) in [5, 5.41) is 3.39. The number of esters is 1. The summed E-state index contributed by atoms with van der Waals surface area (Å²) in [6.45, 7) is 7.27. The van der Waals surface area contributed by atoms with Crippen molar-refractivity contribution in [3.8, 4) is 28.4 Å². The van der Waals surface area contributed by atoms with Gasteiger partial charge in [0.05, 0.1) is 20.1 Å².